The third-order valence-electron chi connectivity index (χ3n) is 1.79. The second-order valence-corrected chi connectivity index (χ2v) is 2.98. The van der Waals surface area contributed by atoms with Gasteiger partial charge < -0.3 is 10.4 Å². The average Bonchev–Trinajstić information content (AvgIpc) is 2.25. The summed E-state index contributed by atoms with van der Waals surface area (Å²) in [5.41, 5.74) is 0.347. The van der Waals surface area contributed by atoms with Gasteiger partial charge in [-0.05, 0) is 6.07 Å². The van der Waals surface area contributed by atoms with Crippen molar-refractivity contribution in [2.45, 2.75) is 6.54 Å². The van der Waals surface area contributed by atoms with Crippen LogP contribution in [0.5, 0.6) is 0 Å². The molecule has 0 fully saturated rings. The van der Waals surface area contributed by atoms with Crippen molar-refractivity contribution in [2.24, 2.45) is 0 Å². The van der Waals surface area contributed by atoms with Crippen molar-refractivity contribution in [3.8, 4) is 0 Å². The molecule has 0 saturated heterocycles. The van der Waals surface area contributed by atoms with E-state index in [1.807, 2.05) is 0 Å². The largest absolute Gasteiger partial charge is 0.478 e. The first-order chi connectivity index (χ1) is 7.59. The van der Waals surface area contributed by atoms with Crippen molar-refractivity contribution in [3.05, 3.63) is 47.8 Å². The highest BCUT2D eigenvalue weighted by molar-refractivity contribution is 5.93. The molecule has 0 heterocycles. The molecular weight excluding hydrogens is 213 g/mol. The molecule has 0 atom stereocenters. The van der Waals surface area contributed by atoms with Crippen molar-refractivity contribution in [3.63, 3.8) is 0 Å². The molecule has 0 aliphatic rings. The van der Waals surface area contributed by atoms with Crippen molar-refractivity contribution < 1.29 is 19.1 Å². The summed E-state index contributed by atoms with van der Waals surface area (Å²) in [6.45, 7) is 0.0233. The third-order valence-corrected chi connectivity index (χ3v) is 1.79. The van der Waals surface area contributed by atoms with Gasteiger partial charge in [-0.3, -0.25) is 4.79 Å². The molecule has 0 unspecified atom stereocenters. The maximum absolute atomic E-state index is 13.1. The van der Waals surface area contributed by atoms with E-state index in [9.17, 15) is 14.0 Å². The van der Waals surface area contributed by atoms with E-state index in [0.29, 0.717) is 5.56 Å². The Hall–Kier alpha value is -2.17. The lowest BCUT2D eigenvalue weighted by Crippen LogP contribution is -2.21. The van der Waals surface area contributed by atoms with Crippen LogP contribution < -0.4 is 5.32 Å². The molecule has 5 heteroatoms. The lowest BCUT2D eigenvalue weighted by atomic mass is 10.2. The van der Waals surface area contributed by atoms with Gasteiger partial charge in [-0.2, -0.15) is 0 Å². The predicted octanol–water partition coefficient (Wildman–Crippen LogP) is 1.08. The van der Waals surface area contributed by atoms with E-state index in [4.69, 9.17) is 5.11 Å². The summed E-state index contributed by atoms with van der Waals surface area (Å²) in [6, 6.07) is 6.02. The van der Waals surface area contributed by atoms with Gasteiger partial charge in [-0.15, -0.1) is 0 Å². The number of benzene rings is 1. The van der Waals surface area contributed by atoms with Crippen LogP contribution in [0.25, 0.3) is 0 Å². The van der Waals surface area contributed by atoms with Gasteiger partial charge in [0.2, 0.25) is 5.91 Å². The van der Waals surface area contributed by atoms with Crippen LogP contribution in [0.3, 0.4) is 0 Å². The van der Waals surface area contributed by atoms with Crippen LogP contribution in [-0.4, -0.2) is 17.0 Å². The Morgan fingerprint density at radius 3 is 2.62 bits per heavy atom. The first kappa shape index (κ1) is 11.9. The minimum Gasteiger partial charge on any atom is -0.478 e. The number of halogens is 1. The Morgan fingerprint density at radius 2 is 2.00 bits per heavy atom. The standard InChI is InChI=1S/C11H10FNO3/c12-9-4-2-1-3-8(9)7-13-10(14)5-6-11(15)16/h1-6H,7H2,(H,13,14)(H,15,16)/b6-5+. The fraction of sp³-hybridized carbons (Fsp3) is 0.0909. The van der Waals surface area contributed by atoms with Gasteiger partial charge in [0.15, 0.2) is 0 Å². The van der Waals surface area contributed by atoms with Gasteiger partial charge >= 0.3 is 5.97 Å². The summed E-state index contributed by atoms with van der Waals surface area (Å²) in [4.78, 5) is 21.2. The van der Waals surface area contributed by atoms with Gasteiger partial charge in [0.25, 0.3) is 0 Å². The number of nitrogens with one attached hydrogen (secondary N) is 1. The van der Waals surface area contributed by atoms with Gasteiger partial charge in [0, 0.05) is 24.3 Å². The van der Waals surface area contributed by atoms with E-state index in [1.54, 1.807) is 12.1 Å². The van der Waals surface area contributed by atoms with Gasteiger partial charge in [0.1, 0.15) is 5.82 Å². The molecule has 0 spiro atoms. The maximum Gasteiger partial charge on any atom is 0.328 e. The van der Waals surface area contributed by atoms with Crippen LogP contribution in [0.4, 0.5) is 4.39 Å². The molecule has 84 valence electrons. The lowest BCUT2D eigenvalue weighted by Gasteiger charge is -2.03. The number of carbonyl (C=O) groups excluding carboxylic acids is 1. The Labute approximate surface area is 91.4 Å². The van der Waals surface area contributed by atoms with E-state index >= 15 is 0 Å². The number of amides is 1. The highest BCUT2D eigenvalue weighted by atomic mass is 19.1. The molecule has 1 aromatic carbocycles. The zero-order valence-electron chi connectivity index (χ0n) is 8.31. The topological polar surface area (TPSA) is 66.4 Å². The predicted molar refractivity (Wildman–Crippen MR) is 55.0 cm³/mol. The molecule has 1 amide bonds. The van der Waals surface area contributed by atoms with Crippen molar-refractivity contribution in [1.82, 2.24) is 5.32 Å². The second-order valence-electron chi connectivity index (χ2n) is 2.98. The molecule has 0 bridgehead atoms. The van der Waals surface area contributed by atoms with Gasteiger partial charge in [-0.25, -0.2) is 9.18 Å². The molecule has 0 aliphatic heterocycles. The maximum atomic E-state index is 13.1. The number of hydrogen-bond donors (Lipinski definition) is 2. The van der Waals surface area contributed by atoms with Crippen LogP contribution in [0, 0.1) is 5.82 Å². The van der Waals surface area contributed by atoms with E-state index in [0.717, 1.165) is 12.2 Å². The minimum atomic E-state index is -1.21. The van der Waals surface area contributed by atoms with Crippen LogP contribution >= 0.6 is 0 Å². The Morgan fingerprint density at radius 1 is 1.31 bits per heavy atom. The number of aliphatic carboxylic acids is 1. The minimum absolute atomic E-state index is 0.0233. The van der Waals surface area contributed by atoms with Crippen molar-refractivity contribution in [1.29, 1.82) is 0 Å². The molecule has 2 N–H and O–H groups in total. The lowest BCUT2D eigenvalue weighted by molar-refractivity contribution is -0.131. The monoisotopic (exact) mass is 223 g/mol. The van der Waals surface area contributed by atoms with Crippen LogP contribution in [0.2, 0.25) is 0 Å². The Kier molecular flexibility index (Phi) is 4.20. The molecule has 16 heavy (non-hydrogen) atoms. The SMILES string of the molecule is O=C(O)/C=C/C(=O)NCc1ccccc1F. The average molecular weight is 223 g/mol. The summed E-state index contributed by atoms with van der Waals surface area (Å²) in [5, 5.41) is 10.6. The van der Waals surface area contributed by atoms with E-state index in [1.165, 1.54) is 12.1 Å². The molecule has 1 aromatic rings. The highest BCUT2D eigenvalue weighted by Crippen LogP contribution is 2.05. The molecule has 0 saturated carbocycles. The molecule has 0 aromatic heterocycles. The summed E-state index contributed by atoms with van der Waals surface area (Å²) >= 11 is 0. The summed E-state index contributed by atoms with van der Waals surface area (Å²) in [5.74, 6) is -2.20. The van der Waals surface area contributed by atoms with Crippen LogP contribution in [-0.2, 0) is 16.1 Å². The molecule has 1 rings (SSSR count). The first-order valence-corrected chi connectivity index (χ1v) is 4.52. The van der Waals surface area contributed by atoms with Crippen molar-refractivity contribution in [2.75, 3.05) is 0 Å². The number of hydrogen-bond acceptors (Lipinski definition) is 2. The van der Waals surface area contributed by atoms with Crippen LogP contribution in [0.15, 0.2) is 36.4 Å². The normalized spacial score (nSPS) is 10.3. The molecule has 0 radical (unpaired) electrons. The van der Waals surface area contributed by atoms with Gasteiger partial charge in [0.05, 0.1) is 0 Å². The van der Waals surface area contributed by atoms with E-state index < -0.39 is 17.7 Å². The smallest absolute Gasteiger partial charge is 0.328 e. The summed E-state index contributed by atoms with van der Waals surface area (Å²) in [7, 11) is 0. The zero-order valence-corrected chi connectivity index (χ0v) is 8.31. The summed E-state index contributed by atoms with van der Waals surface area (Å²) < 4.78 is 13.1. The first-order valence-electron chi connectivity index (χ1n) is 4.52. The van der Waals surface area contributed by atoms with Gasteiger partial charge in [-0.1, -0.05) is 18.2 Å². The quantitative estimate of drug-likeness (QED) is 0.750. The summed E-state index contributed by atoms with van der Waals surface area (Å²) in [6.07, 6.45) is 1.60. The van der Waals surface area contributed by atoms with E-state index in [-0.39, 0.29) is 6.54 Å². The second kappa shape index (κ2) is 5.65. The number of carboxylic acid groups (broad SMARTS) is 1. The van der Waals surface area contributed by atoms with Crippen LogP contribution in [0.1, 0.15) is 5.56 Å². The Bertz CT molecular complexity index is 429. The fourth-order valence-corrected chi connectivity index (χ4v) is 1.03. The highest BCUT2D eigenvalue weighted by Gasteiger charge is 2.01. The molecule has 4 nitrogen and oxygen atoms in total. The van der Waals surface area contributed by atoms with Crippen molar-refractivity contribution >= 4 is 11.9 Å². The number of carbonyl (C=O) groups is 2. The zero-order chi connectivity index (χ0) is 12.0. The Balaban J connectivity index is 2.49. The fourth-order valence-electron chi connectivity index (χ4n) is 1.03. The van der Waals surface area contributed by atoms with E-state index in [2.05, 4.69) is 5.32 Å². The molecule has 0 aliphatic carbocycles. The molecular formula is C11H10FNO3. The number of rotatable bonds is 4. The number of carboxylic acids is 1. The third kappa shape index (κ3) is 3.91.